The third-order valence-electron chi connectivity index (χ3n) is 2.99. The van der Waals surface area contributed by atoms with Gasteiger partial charge in [-0.1, -0.05) is 19.3 Å². The molecule has 1 saturated carbocycles. The number of aromatic nitrogens is 3. The molecule has 1 fully saturated rings. The molecule has 1 aliphatic rings. The van der Waals surface area contributed by atoms with Crippen LogP contribution in [0.1, 0.15) is 32.1 Å². The molecule has 1 heterocycles. The molecule has 84 valence electrons. The minimum absolute atomic E-state index is 0.640. The molecule has 1 aliphatic carbocycles. The van der Waals surface area contributed by atoms with Gasteiger partial charge in [-0.05, 0) is 18.8 Å². The van der Waals surface area contributed by atoms with E-state index in [1.165, 1.54) is 32.1 Å². The van der Waals surface area contributed by atoms with Gasteiger partial charge in [0.2, 0.25) is 11.9 Å². The van der Waals surface area contributed by atoms with E-state index < -0.39 is 0 Å². The average Bonchev–Trinajstić information content (AvgIpc) is 2.76. The summed E-state index contributed by atoms with van der Waals surface area (Å²) >= 11 is 0. The van der Waals surface area contributed by atoms with Crippen molar-refractivity contribution in [1.29, 1.82) is 0 Å². The van der Waals surface area contributed by atoms with Crippen molar-refractivity contribution in [3.8, 4) is 0 Å². The predicted octanol–water partition coefficient (Wildman–Crippen LogP) is 1.84. The fourth-order valence-electron chi connectivity index (χ4n) is 2.08. The van der Waals surface area contributed by atoms with Gasteiger partial charge >= 0.3 is 0 Å². The fourth-order valence-corrected chi connectivity index (χ4v) is 2.08. The van der Waals surface area contributed by atoms with Gasteiger partial charge in [0.05, 0.1) is 0 Å². The maximum atomic E-state index is 4.22. The number of nitrogens with one attached hydrogen (secondary N) is 3. The number of hydrogen-bond acceptors (Lipinski definition) is 4. The molecule has 5 heteroatoms. The number of H-pyrrole nitrogens is 1. The SMILES string of the molecule is CNc1n[nH]c(NCC2CCCCC2)n1. The number of nitrogens with zero attached hydrogens (tertiary/aromatic N) is 2. The lowest BCUT2D eigenvalue weighted by molar-refractivity contribution is 0.373. The van der Waals surface area contributed by atoms with E-state index in [9.17, 15) is 0 Å². The minimum atomic E-state index is 0.640. The van der Waals surface area contributed by atoms with Crippen molar-refractivity contribution in [2.45, 2.75) is 32.1 Å². The second-order valence-corrected chi connectivity index (χ2v) is 4.14. The van der Waals surface area contributed by atoms with Crippen LogP contribution in [0.4, 0.5) is 11.9 Å². The molecular formula is C10H19N5. The Morgan fingerprint density at radius 1 is 1.33 bits per heavy atom. The van der Waals surface area contributed by atoms with Crippen molar-refractivity contribution in [3.63, 3.8) is 0 Å². The van der Waals surface area contributed by atoms with Crippen LogP contribution in [0.15, 0.2) is 0 Å². The van der Waals surface area contributed by atoms with Gasteiger partial charge in [-0.3, -0.25) is 0 Å². The van der Waals surface area contributed by atoms with Gasteiger partial charge < -0.3 is 10.6 Å². The molecule has 0 aliphatic heterocycles. The van der Waals surface area contributed by atoms with Crippen LogP contribution in [-0.2, 0) is 0 Å². The van der Waals surface area contributed by atoms with Crippen LogP contribution >= 0.6 is 0 Å². The zero-order valence-corrected chi connectivity index (χ0v) is 9.21. The highest BCUT2D eigenvalue weighted by molar-refractivity contribution is 5.32. The molecule has 0 unspecified atom stereocenters. The Bertz CT molecular complexity index is 290. The molecule has 1 aromatic rings. The van der Waals surface area contributed by atoms with Gasteiger partial charge in [0.1, 0.15) is 0 Å². The fraction of sp³-hybridized carbons (Fsp3) is 0.800. The Hall–Kier alpha value is -1.26. The van der Waals surface area contributed by atoms with E-state index in [2.05, 4.69) is 25.8 Å². The molecule has 0 amide bonds. The molecule has 3 N–H and O–H groups in total. The standard InChI is InChI=1S/C10H19N5/c1-11-9-13-10(15-14-9)12-7-8-5-3-2-4-6-8/h8H,2-7H2,1H3,(H3,11,12,13,14,15). The van der Waals surface area contributed by atoms with Crippen LogP contribution in [0.2, 0.25) is 0 Å². The molecule has 0 spiro atoms. The first-order chi connectivity index (χ1) is 7.38. The summed E-state index contributed by atoms with van der Waals surface area (Å²) in [5.74, 6) is 2.22. The molecule has 0 saturated heterocycles. The molecule has 0 radical (unpaired) electrons. The first kappa shape index (κ1) is 10.3. The zero-order chi connectivity index (χ0) is 10.5. The van der Waals surface area contributed by atoms with E-state index in [4.69, 9.17) is 0 Å². The van der Waals surface area contributed by atoms with Crippen LogP contribution in [0.25, 0.3) is 0 Å². The number of rotatable bonds is 4. The van der Waals surface area contributed by atoms with E-state index in [1.807, 2.05) is 7.05 Å². The lowest BCUT2D eigenvalue weighted by Gasteiger charge is -2.21. The lowest BCUT2D eigenvalue weighted by Crippen LogP contribution is -2.17. The van der Waals surface area contributed by atoms with Crippen molar-refractivity contribution in [3.05, 3.63) is 0 Å². The van der Waals surface area contributed by atoms with E-state index in [1.54, 1.807) is 0 Å². The summed E-state index contributed by atoms with van der Waals surface area (Å²) in [6.07, 6.45) is 6.86. The Balaban J connectivity index is 1.76. The van der Waals surface area contributed by atoms with E-state index >= 15 is 0 Å². The maximum absolute atomic E-state index is 4.22. The third-order valence-corrected chi connectivity index (χ3v) is 2.99. The zero-order valence-electron chi connectivity index (χ0n) is 9.21. The maximum Gasteiger partial charge on any atom is 0.243 e. The summed E-state index contributed by atoms with van der Waals surface area (Å²) in [6, 6.07) is 0. The summed E-state index contributed by atoms with van der Waals surface area (Å²) in [5, 5.41) is 13.0. The van der Waals surface area contributed by atoms with Gasteiger partial charge in [-0.25, -0.2) is 5.10 Å². The summed E-state index contributed by atoms with van der Waals surface area (Å²) in [6.45, 7) is 1.01. The monoisotopic (exact) mass is 209 g/mol. The smallest absolute Gasteiger partial charge is 0.243 e. The first-order valence-corrected chi connectivity index (χ1v) is 5.72. The number of hydrogen-bond donors (Lipinski definition) is 3. The van der Waals surface area contributed by atoms with E-state index in [0.717, 1.165) is 18.4 Å². The van der Waals surface area contributed by atoms with Crippen molar-refractivity contribution < 1.29 is 0 Å². The molecule has 2 rings (SSSR count). The topological polar surface area (TPSA) is 65.6 Å². The number of anilines is 2. The molecule has 0 bridgehead atoms. The average molecular weight is 209 g/mol. The highest BCUT2D eigenvalue weighted by Gasteiger charge is 2.13. The third kappa shape index (κ3) is 2.84. The van der Waals surface area contributed by atoms with Crippen LogP contribution in [0, 0.1) is 5.92 Å². The lowest BCUT2D eigenvalue weighted by atomic mass is 9.89. The predicted molar refractivity (Wildman–Crippen MR) is 61.0 cm³/mol. The molecule has 0 aromatic carbocycles. The molecule has 5 nitrogen and oxygen atoms in total. The van der Waals surface area contributed by atoms with Crippen LogP contribution in [-0.4, -0.2) is 28.8 Å². The Morgan fingerprint density at radius 3 is 2.80 bits per heavy atom. The van der Waals surface area contributed by atoms with Crippen LogP contribution in [0.5, 0.6) is 0 Å². The molecular weight excluding hydrogens is 190 g/mol. The van der Waals surface area contributed by atoms with E-state index in [-0.39, 0.29) is 0 Å². The Morgan fingerprint density at radius 2 is 2.13 bits per heavy atom. The number of aromatic amines is 1. The second-order valence-electron chi connectivity index (χ2n) is 4.14. The van der Waals surface area contributed by atoms with Gasteiger partial charge in [0.25, 0.3) is 0 Å². The minimum Gasteiger partial charge on any atom is -0.356 e. The van der Waals surface area contributed by atoms with E-state index in [0.29, 0.717) is 5.95 Å². The van der Waals surface area contributed by atoms with Crippen molar-refractivity contribution in [1.82, 2.24) is 15.2 Å². The van der Waals surface area contributed by atoms with Crippen molar-refractivity contribution in [2.75, 3.05) is 24.2 Å². The van der Waals surface area contributed by atoms with Gasteiger partial charge in [0, 0.05) is 13.6 Å². The Kier molecular flexibility index (Phi) is 3.42. The van der Waals surface area contributed by atoms with Crippen LogP contribution < -0.4 is 10.6 Å². The van der Waals surface area contributed by atoms with Crippen LogP contribution in [0.3, 0.4) is 0 Å². The summed E-state index contributed by atoms with van der Waals surface area (Å²) in [7, 11) is 1.81. The molecule has 1 aromatic heterocycles. The first-order valence-electron chi connectivity index (χ1n) is 5.72. The van der Waals surface area contributed by atoms with Gasteiger partial charge in [0.15, 0.2) is 0 Å². The highest BCUT2D eigenvalue weighted by Crippen LogP contribution is 2.23. The summed E-state index contributed by atoms with van der Waals surface area (Å²) in [5.41, 5.74) is 0. The Labute approximate surface area is 90.1 Å². The molecule has 0 atom stereocenters. The summed E-state index contributed by atoms with van der Waals surface area (Å²) in [4.78, 5) is 4.22. The van der Waals surface area contributed by atoms with Crippen molar-refractivity contribution >= 4 is 11.9 Å². The van der Waals surface area contributed by atoms with Crippen molar-refractivity contribution in [2.24, 2.45) is 5.92 Å². The second kappa shape index (κ2) is 5.00. The largest absolute Gasteiger partial charge is 0.356 e. The quantitative estimate of drug-likeness (QED) is 0.708. The summed E-state index contributed by atoms with van der Waals surface area (Å²) < 4.78 is 0. The normalized spacial score (nSPS) is 17.7. The molecule has 15 heavy (non-hydrogen) atoms. The van der Waals surface area contributed by atoms with Gasteiger partial charge in [-0.15, -0.1) is 5.10 Å². The highest BCUT2D eigenvalue weighted by atomic mass is 15.3. The van der Waals surface area contributed by atoms with Gasteiger partial charge in [-0.2, -0.15) is 4.98 Å².